The van der Waals surface area contributed by atoms with Gasteiger partial charge in [-0.3, -0.25) is 4.90 Å². The van der Waals surface area contributed by atoms with Gasteiger partial charge in [0.15, 0.2) is 0 Å². The summed E-state index contributed by atoms with van der Waals surface area (Å²) in [7, 11) is -1.98. The number of hydrogen-bond acceptors (Lipinski definition) is 5. The second-order valence-corrected chi connectivity index (χ2v) is 8.88. The normalized spacial score (nSPS) is 14.8. The fraction of sp³-hybridized carbons (Fsp3) is 0.300. The van der Waals surface area contributed by atoms with E-state index in [4.69, 9.17) is 0 Å². The van der Waals surface area contributed by atoms with Gasteiger partial charge in [-0.25, -0.2) is 22.8 Å². The van der Waals surface area contributed by atoms with Crippen LogP contribution in [0.15, 0.2) is 53.9 Å². The van der Waals surface area contributed by atoms with Crippen molar-refractivity contribution < 1.29 is 8.42 Å². The molecule has 1 aromatic heterocycles. The largest absolute Gasteiger partial charge is 0.294 e. The van der Waals surface area contributed by atoms with E-state index < -0.39 is 10.0 Å². The lowest BCUT2D eigenvalue weighted by Crippen LogP contribution is -2.32. The fourth-order valence-corrected chi connectivity index (χ4v) is 4.83. The van der Waals surface area contributed by atoms with Crippen molar-refractivity contribution in [3.05, 3.63) is 71.3 Å². The van der Waals surface area contributed by atoms with Gasteiger partial charge in [-0.1, -0.05) is 24.3 Å². The molecule has 8 heteroatoms. The van der Waals surface area contributed by atoms with Gasteiger partial charge < -0.3 is 0 Å². The topological polar surface area (TPSA) is 80.1 Å². The maximum absolute atomic E-state index is 12.3. The van der Waals surface area contributed by atoms with E-state index in [0.717, 1.165) is 48.4 Å². The van der Waals surface area contributed by atoms with Gasteiger partial charge >= 0.3 is 0 Å². The maximum Gasteiger partial charge on any atom is 0.240 e. The first-order chi connectivity index (χ1) is 13.5. The van der Waals surface area contributed by atoms with Crippen molar-refractivity contribution in [1.29, 1.82) is 0 Å². The number of nitrogens with one attached hydrogen (secondary N) is 1. The molecule has 1 aliphatic rings. The molecule has 0 amide bonds. The van der Waals surface area contributed by atoms with E-state index in [1.807, 2.05) is 12.1 Å². The van der Waals surface area contributed by atoms with E-state index in [1.165, 1.54) is 18.9 Å². The predicted molar refractivity (Wildman–Crippen MR) is 107 cm³/mol. The number of hydrogen-bond donors (Lipinski definition) is 1. The minimum absolute atomic E-state index is 0.403. The Bertz CT molecular complexity index is 1090. The number of aryl methyl sites for hydroxylation is 1. The molecule has 0 spiro atoms. The van der Waals surface area contributed by atoms with Crippen LogP contribution in [-0.2, 0) is 29.5 Å². The first-order valence-corrected chi connectivity index (χ1v) is 10.7. The van der Waals surface area contributed by atoms with E-state index in [1.54, 1.807) is 17.1 Å². The molecule has 2 heterocycles. The third-order valence-electron chi connectivity index (χ3n) is 5.19. The summed E-state index contributed by atoms with van der Waals surface area (Å²) in [5.41, 5.74) is 5.41. The minimum Gasteiger partial charge on any atom is -0.294 e. The lowest BCUT2D eigenvalue weighted by molar-refractivity contribution is 0.244. The lowest BCUT2D eigenvalue weighted by atomic mass is 9.99. The molecule has 0 bridgehead atoms. The Hall–Kier alpha value is -2.55. The van der Waals surface area contributed by atoms with Gasteiger partial charge in [0.2, 0.25) is 10.0 Å². The van der Waals surface area contributed by atoms with Crippen LogP contribution in [0.4, 0.5) is 0 Å². The van der Waals surface area contributed by atoms with Crippen molar-refractivity contribution in [3.8, 4) is 5.69 Å². The highest BCUT2D eigenvalue weighted by atomic mass is 32.2. The van der Waals surface area contributed by atoms with Gasteiger partial charge in [-0.05, 0) is 54.8 Å². The molecule has 7 nitrogen and oxygen atoms in total. The molecule has 0 aliphatic carbocycles. The van der Waals surface area contributed by atoms with Crippen molar-refractivity contribution in [3.63, 3.8) is 0 Å². The first kappa shape index (κ1) is 18.8. The van der Waals surface area contributed by atoms with Gasteiger partial charge in [0.25, 0.3) is 0 Å². The quantitative estimate of drug-likeness (QED) is 0.713. The second kappa shape index (κ2) is 7.46. The maximum atomic E-state index is 12.3. The Morgan fingerprint density at radius 3 is 2.79 bits per heavy atom. The Labute approximate surface area is 165 Å². The average molecular weight is 398 g/mol. The third-order valence-corrected chi connectivity index (χ3v) is 6.69. The molecule has 0 saturated heterocycles. The molecule has 0 unspecified atom stereocenters. The zero-order chi connectivity index (χ0) is 19.7. The summed E-state index contributed by atoms with van der Waals surface area (Å²) in [5.74, 6) is 0. The number of aromatic nitrogens is 3. The average Bonchev–Trinajstić information content (AvgIpc) is 3.22. The zero-order valence-corrected chi connectivity index (χ0v) is 16.8. The van der Waals surface area contributed by atoms with Gasteiger partial charge in [0, 0.05) is 19.6 Å². The number of nitrogens with zero attached hydrogens (tertiary/aromatic N) is 4. The Morgan fingerprint density at radius 2 is 2.07 bits per heavy atom. The highest BCUT2D eigenvalue weighted by molar-refractivity contribution is 7.89. The van der Waals surface area contributed by atoms with E-state index in [0.29, 0.717) is 4.90 Å². The van der Waals surface area contributed by atoms with Gasteiger partial charge in [0.05, 0.1) is 10.6 Å². The molecule has 1 N–H and O–H groups in total. The van der Waals surface area contributed by atoms with E-state index in [-0.39, 0.29) is 0 Å². The number of benzene rings is 2. The van der Waals surface area contributed by atoms with Crippen molar-refractivity contribution in [2.45, 2.75) is 31.3 Å². The molecule has 0 atom stereocenters. The lowest BCUT2D eigenvalue weighted by Gasteiger charge is -2.30. The summed E-state index contributed by atoms with van der Waals surface area (Å²) in [4.78, 5) is 6.76. The molecule has 0 radical (unpaired) electrons. The van der Waals surface area contributed by atoms with Crippen molar-refractivity contribution in [1.82, 2.24) is 24.4 Å². The summed E-state index contributed by atoms with van der Waals surface area (Å²) in [5, 5.41) is 4.19. The summed E-state index contributed by atoms with van der Waals surface area (Å²) in [6, 6.07) is 11.9. The van der Waals surface area contributed by atoms with Crippen LogP contribution in [0.25, 0.3) is 5.69 Å². The van der Waals surface area contributed by atoms with Crippen LogP contribution in [0.5, 0.6) is 0 Å². The molecule has 2 aromatic carbocycles. The highest BCUT2D eigenvalue weighted by Gasteiger charge is 2.24. The van der Waals surface area contributed by atoms with Crippen molar-refractivity contribution in [2.24, 2.45) is 0 Å². The van der Waals surface area contributed by atoms with Crippen LogP contribution in [0.3, 0.4) is 0 Å². The third kappa shape index (κ3) is 3.58. The van der Waals surface area contributed by atoms with E-state index >= 15 is 0 Å². The first-order valence-electron chi connectivity index (χ1n) is 9.19. The molecule has 146 valence electrons. The molecule has 0 saturated carbocycles. The molecule has 3 aromatic rings. The number of rotatable bonds is 5. The van der Waals surface area contributed by atoms with Gasteiger partial charge in [0.1, 0.15) is 12.7 Å². The van der Waals surface area contributed by atoms with Crippen LogP contribution in [0.1, 0.15) is 22.3 Å². The zero-order valence-electron chi connectivity index (χ0n) is 16.0. The van der Waals surface area contributed by atoms with Gasteiger partial charge in [-0.15, -0.1) is 0 Å². The standard InChI is InChI=1S/C20H23N5O2S/c1-15-10-16(6-7-19(15)25-14-22-13-23-25)11-24-9-8-18-17(12-24)4-3-5-20(18)28(26,27)21-2/h3-7,10,13-14,21H,8-9,11-12H2,1-2H3. The number of sulfonamides is 1. The summed E-state index contributed by atoms with van der Waals surface area (Å²) in [6.45, 7) is 4.46. The Morgan fingerprint density at radius 1 is 1.21 bits per heavy atom. The monoisotopic (exact) mass is 397 g/mol. The Kier molecular flexibility index (Phi) is 5.01. The molecule has 28 heavy (non-hydrogen) atoms. The second-order valence-electron chi connectivity index (χ2n) is 7.02. The molecule has 0 fully saturated rings. The molecule has 4 rings (SSSR count). The van der Waals surface area contributed by atoms with E-state index in [9.17, 15) is 8.42 Å². The minimum atomic E-state index is -3.43. The van der Waals surface area contributed by atoms with Crippen LogP contribution in [0, 0.1) is 6.92 Å². The SMILES string of the molecule is CNS(=O)(=O)c1cccc2c1CCN(Cc1ccc(-n3cncn3)c(C)c1)C2. The smallest absolute Gasteiger partial charge is 0.240 e. The fourth-order valence-electron chi connectivity index (χ4n) is 3.79. The molecular formula is C20H23N5O2S. The van der Waals surface area contributed by atoms with Crippen LogP contribution >= 0.6 is 0 Å². The number of fused-ring (bicyclic) bond motifs is 1. The van der Waals surface area contributed by atoms with Crippen LogP contribution in [0.2, 0.25) is 0 Å². The van der Waals surface area contributed by atoms with Crippen LogP contribution in [-0.4, -0.2) is 41.7 Å². The highest BCUT2D eigenvalue weighted by Crippen LogP contribution is 2.27. The van der Waals surface area contributed by atoms with E-state index in [2.05, 4.69) is 44.8 Å². The summed E-state index contributed by atoms with van der Waals surface area (Å²) in [6.07, 6.45) is 3.95. The predicted octanol–water partition coefficient (Wildman–Crippen LogP) is 2.04. The van der Waals surface area contributed by atoms with Crippen molar-refractivity contribution in [2.75, 3.05) is 13.6 Å². The molecular weight excluding hydrogens is 374 g/mol. The van der Waals surface area contributed by atoms with Crippen molar-refractivity contribution >= 4 is 10.0 Å². The van der Waals surface area contributed by atoms with Gasteiger partial charge in [-0.2, -0.15) is 5.10 Å². The van der Waals surface area contributed by atoms with Crippen LogP contribution < -0.4 is 4.72 Å². The Balaban J connectivity index is 1.53. The summed E-state index contributed by atoms with van der Waals surface area (Å²) < 4.78 is 28.7. The molecule has 1 aliphatic heterocycles. The summed E-state index contributed by atoms with van der Waals surface area (Å²) >= 11 is 0.